The van der Waals surface area contributed by atoms with Gasteiger partial charge in [0.05, 0.1) is 6.90 Å². The van der Waals surface area contributed by atoms with Gasteiger partial charge < -0.3 is 9.31 Å². The van der Waals surface area contributed by atoms with E-state index in [1.54, 1.807) is 24.3 Å². The zero-order valence-electron chi connectivity index (χ0n) is 6.61. The molecule has 3 nitrogen and oxygen atoms in total. The lowest BCUT2D eigenvalue weighted by molar-refractivity contribution is 0.0698. The summed E-state index contributed by atoms with van der Waals surface area (Å²) in [5, 5.41) is 0. The molecule has 0 aromatic heterocycles. The van der Waals surface area contributed by atoms with Crippen LogP contribution in [0.1, 0.15) is 10.4 Å². The SMILES string of the molecule is [2H]B1OC(=O)c2ccccc2O1. The minimum absolute atomic E-state index is 0.376. The van der Waals surface area contributed by atoms with E-state index in [4.69, 9.17) is 5.99 Å². The van der Waals surface area contributed by atoms with Gasteiger partial charge in [-0.2, -0.15) is 0 Å². The summed E-state index contributed by atoms with van der Waals surface area (Å²) in [6.45, 7) is 0. The summed E-state index contributed by atoms with van der Waals surface area (Å²) in [5.74, 6) is -0.0920. The van der Waals surface area contributed by atoms with Crippen LogP contribution in [-0.4, -0.2) is 15.0 Å². The Hall–Kier alpha value is -1.45. The van der Waals surface area contributed by atoms with Crippen LogP contribution in [0, 0.1) is 0 Å². The van der Waals surface area contributed by atoms with Gasteiger partial charge in [-0.05, 0) is 12.1 Å². The van der Waals surface area contributed by atoms with E-state index in [0.717, 1.165) is 0 Å². The summed E-state index contributed by atoms with van der Waals surface area (Å²) in [6, 6.07) is 6.69. The molecule has 0 atom stereocenters. The lowest BCUT2D eigenvalue weighted by Gasteiger charge is -2.14. The van der Waals surface area contributed by atoms with Gasteiger partial charge in [0, 0.05) is 0 Å². The van der Waals surface area contributed by atoms with Gasteiger partial charge in [-0.15, -0.1) is 0 Å². The smallest absolute Gasteiger partial charge is 0.528 e. The molecule has 4 heteroatoms. The lowest BCUT2D eigenvalue weighted by Crippen LogP contribution is -2.21. The van der Waals surface area contributed by atoms with Crippen molar-refractivity contribution in [3.8, 4) is 5.75 Å². The number of benzene rings is 1. The number of fused-ring (bicyclic) bond motifs is 1. The van der Waals surface area contributed by atoms with Gasteiger partial charge in [0.2, 0.25) is 0 Å². The van der Waals surface area contributed by atoms with Crippen molar-refractivity contribution < 1.29 is 14.1 Å². The van der Waals surface area contributed by atoms with E-state index in [1.807, 2.05) is 0 Å². The Kier molecular flexibility index (Phi) is 1.10. The highest BCUT2D eigenvalue weighted by atomic mass is 16.6. The maximum atomic E-state index is 11.1. The van der Waals surface area contributed by atoms with Gasteiger partial charge in [-0.3, -0.25) is 0 Å². The molecule has 0 spiro atoms. The second kappa shape index (κ2) is 2.30. The van der Waals surface area contributed by atoms with Crippen molar-refractivity contribution in [2.75, 3.05) is 0 Å². The molecule has 0 amide bonds. The predicted octanol–water partition coefficient (Wildman–Crippen LogP) is 0.502. The van der Waals surface area contributed by atoms with Crippen LogP contribution in [0.5, 0.6) is 5.75 Å². The maximum Gasteiger partial charge on any atom is 0.578 e. The first-order valence-corrected chi connectivity index (χ1v) is 3.16. The van der Waals surface area contributed by atoms with Crippen molar-refractivity contribution in [3.63, 3.8) is 0 Å². The molecule has 54 valence electrons. The molecule has 1 heterocycles. The molecular weight excluding hydrogens is 143 g/mol. The number of carbonyl (C=O) groups is 1. The monoisotopic (exact) mass is 149 g/mol. The van der Waals surface area contributed by atoms with Crippen LogP contribution in [-0.2, 0) is 4.65 Å². The molecule has 2 rings (SSSR count). The first-order valence-electron chi connectivity index (χ1n) is 3.74. The zero-order valence-corrected chi connectivity index (χ0v) is 5.61. The minimum Gasteiger partial charge on any atom is -0.528 e. The van der Waals surface area contributed by atoms with E-state index in [-0.39, 0.29) is 0 Å². The van der Waals surface area contributed by atoms with Gasteiger partial charge in [0.1, 0.15) is 5.75 Å². The summed E-state index contributed by atoms with van der Waals surface area (Å²) >= 11 is 0. The van der Waals surface area contributed by atoms with Crippen LogP contribution in [0.3, 0.4) is 0 Å². The largest absolute Gasteiger partial charge is 0.578 e. The lowest BCUT2D eigenvalue weighted by atomic mass is 10.1. The Morgan fingerprint density at radius 1 is 1.36 bits per heavy atom. The molecular formula is C7H5BO3. The van der Waals surface area contributed by atoms with Crippen molar-refractivity contribution in [2.24, 2.45) is 0 Å². The number of para-hydroxylation sites is 1. The van der Waals surface area contributed by atoms with Crippen LogP contribution in [0.15, 0.2) is 24.3 Å². The minimum atomic E-state index is -1.23. The summed E-state index contributed by atoms with van der Waals surface area (Å²) < 4.78 is 16.5. The molecule has 1 aromatic carbocycles. The molecule has 1 aliphatic rings. The molecule has 0 saturated heterocycles. The first-order chi connectivity index (χ1) is 5.77. The molecule has 0 radical (unpaired) electrons. The topological polar surface area (TPSA) is 35.5 Å². The summed E-state index contributed by atoms with van der Waals surface area (Å²) in [7, 11) is -1.23. The summed E-state index contributed by atoms with van der Waals surface area (Å²) in [5.41, 5.74) is 0.376. The molecule has 0 bridgehead atoms. The second-order valence-corrected chi connectivity index (χ2v) is 2.12. The zero-order chi connectivity index (χ0) is 8.55. The quantitative estimate of drug-likeness (QED) is 0.504. The number of carbonyl (C=O) groups excluding carboxylic acids is 1. The summed E-state index contributed by atoms with van der Waals surface area (Å²) in [4.78, 5) is 11.1. The van der Waals surface area contributed by atoms with E-state index in [2.05, 4.69) is 4.65 Å². The first kappa shape index (κ1) is 5.24. The van der Waals surface area contributed by atoms with Crippen molar-refractivity contribution in [2.45, 2.75) is 0 Å². The molecule has 0 saturated carbocycles. The highest BCUT2D eigenvalue weighted by Crippen LogP contribution is 2.21. The Morgan fingerprint density at radius 3 is 3.09 bits per heavy atom. The van der Waals surface area contributed by atoms with Crippen molar-refractivity contribution >= 4 is 13.6 Å². The Bertz CT molecular complexity index is 328. The number of rotatable bonds is 0. The van der Waals surface area contributed by atoms with Crippen molar-refractivity contribution in [3.05, 3.63) is 29.8 Å². The van der Waals surface area contributed by atoms with Crippen molar-refractivity contribution in [1.82, 2.24) is 0 Å². The average Bonchev–Trinajstić information content (AvgIpc) is 2.04. The molecule has 0 fully saturated rings. The number of hydrogen-bond donors (Lipinski definition) is 0. The van der Waals surface area contributed by atoms with Gasteiger partial charge in [0.25, 0.3) is 0 Å². The molecule has 0 unspecified atom stereocenters. The third kappa shape index (κ3) is 0.961. The van der Waals surface area contributed by atoms with Crippen LogP contribution in [0.2, 0.25) is 0 Å². The Labute approximate surface area is 65.6 Å². The van der Waals surface area contributed by atoms with Crippen molar-refractivity contribution in [1.29, 1.82) is 1.34 Å². The average molecular weight is 149 g/mol. The van der Waals surface area contributed by atoms with Gasteiger partial charge in [-0.1, -0.05) is 12.1 Å². The fourth-order valence-corrected chi connectivity index (χ4v) is 0.921. The van der Waals surface area contributed by atoms with E-state index < -0.39 is 13.6 Å². The van der Waals surface area contributed by atoms with E-state index >= 15 is 0 Å². The number of hydrogen-bond acceptors (Lipinski definition) is 3. The molecule has 1 aliphatic heterocycles. The second-order valence-electron chi connectivity index (χ2n) is 2.12. The van der Waals surface area contributed by atoms with Crippen LogP contribution in [0.4, 0.5) is 0 Å². The fourth-order valence-electron chi connectivity index (χ4n) is 0.921. The Morgan fingerprint density at radius 2 is 2.18 bits per heavy atom. The fraction of sp³-hybridized carbons (Fsp3) is 0. The normalized spacial score (nSPS) is 16.2. The standard InChI is InChI=1S/C7H5BO3/c9-7-5-3-1-2-4-6(5)10-8-11-7/h1-4,8H/i8D. The maximum absolute atomic E-state index is 11.1. The van der Waals surface area contributed by atoms with Crippen LogP contribution >= 0.6 is 0 Å². The third-order valence-corrected chi connectivity index (χ3v) is 1.44. The van der Waals surface area contributed by atoms with E-state index in [1.165, 1.54) is 0 Å². The van der Waals surface area contributed by atoms with Gasteiger partial charge in [0.15, 0.2) is 0 Å². The van der Waals surface area contributed by atoms with E-state index in [9.17, 15) is 4.79 Å². The van der Waals surface area contributed by atoms with E-state index in [0.29, 0.717) is 11.3 Å². The highest BCUT2D eigenvalue weighted by molar-refractivity contribution is 6.27. The summed E-state index contributed by atoms with van der Waals surface area (Å²) in [6.07, 6.45) is 0. The third-order valence-electron chi connectivity index (χ3n) is 1.44. The predicted molar refractivity (Wildman–Crippen MR) is 39.6 cm³/mol. The molecule has 11 heavy (non-hydrogen) atoms. The highest BCUT2D eigenvalue weighted by Gasteiger charge is 2.19. The molecule has 0 aliphatic carbocycles. The van der Waals surface area contributed by atoms with Gasteiger partial charge in [-0.25, -0.2) is 4.79 Å². The molecule has 1 aromatic rings. The van der Waals surface area contributed by atoms with Crippen LogP contribution < -0.4 is 4.65 Å². The van der Waals surface area contributed by atoms with Gasteiger partial charge >= 0.3 is 13.6 Å². The molecule has 0 N–H and O–H groups in total. The van der Waals surface area contributed by atoms with Crippen LogP contribution in [0.25, 0.3) is 0 Å². The Balaban J connectivity index is 2.47.